The summed E-state index contributed by atoms with van der Waals surface area (Å²) in [5.41, 5.74) is 3.26. The summed E-state index contributed by atoms with van der Waals surface area (Å²) in [6, 6.07) is 5.85. The van der Waals surface area contributed by atoms with Crippen LogP contribution in [0.1, 0.15) is 43.7 Å². The van der Waals surface area contributed by atoms with Crippen LogP contribution in [0.25, 0.3) is 5.69 Å². The van der Waals surface area contributed by atoms with Gasteiger partial charge in [0.2, 0.25) is 5.91 Å². The van der Waals surface area contributed by atoms with Crippen LogP contribution in [0.3, 0.4) is 0 Å². The SMILES string of the molecule is Cc1ccc(-n2cnnc2SCC(=O)NC(=O)NC2CCCCC2C)c(C)c1. The molecule has 1 aromatic carbocycles. The van der Waals surface area contributed by atoms with Crippen molar-refractivity contribution in [3.63, 3.8) is 0 Å². The van der Waals surface area contributed by atoms with Gasteiger partial charge in [0.15, 0.2) is 5.16 Å². The molecule has 2 unspecified atom stereocenters. The zero-order valence-electron chi connectivity index (χ0n) is 16.6. The van der Waals surface area contributed by atoms with Crippen LogP contribution < -0.4 is 10.6 Å². The number of benzene rings is 1. The maximum Gasteiger partial charge on any atom is 0.321 e. The summed E-state index contributed by atoms with van der Waals surface area (Å²) < 4.78 is 1.86. The Bertz CT molecular complexity index is 851. The van der Waals surface area contributed by atoms with E-state index < -0.39 is 6.03 Å². The van der Waals surface area contributed by atoms with Crippen LogP contribution >= 0.6 is 11.8 Å². The molecule has 1 aromatic heterocycles. The molecule has 1 saturated carbocycles. The van der Waals surface area contributed by atoms with Crippen molar-refractivity contribution in [1.29, 1.82) is 0 Å². The van der Waals surface area contributed by atoms with E-state index in [0.29, 0.717) is 11.1 Å². The number of imide groups is 1. The fourth-order valence-corrected chi connectivity index (χ4v) is 4.31. The van der Waals surface area contributed by atoms with Crippen molar-refractivity contribution >= 4 is 23.7 Å². The highest BCUT2D eigenvalue weighted by atomic mass is 32.2. The zero-order valence-corrected chi connectivity index (χ0v) is 17.4. The highest BCUT2D eigenvalue weighted by molar-refractivity contribution is 7.99. The summed E-state index contributed by atoms with van der Waals surface area (Å²) in [6.45, 7) is 6.21. The smallest absolute Gasteiger partial charge is 0.321 e. The second kappa shape index (κ2) is 9.23. The lowest BCUT2D eigenvalue weighted by Crippen LogP contribution is -2.48. The predicted octanol–water partition coefficient (Wildman–Crippen LogP) is 3.38. The Labute approximate surface area is 169 Å². The molecule has 28 heavy (non-hydrogen) atoms. The molecule has 3 rings (SSSR count). The molecule has 2 N–H and O–H groups in total. The van der Waals surface area contributed by atoms with E-state index in [9.17, 15) is 9.59 Å². The number of amides is 3. The van der Waals surface area contributed by atoms with Crippen molar-refractivity contribution in [1.82, 2.24) is 25.4 Å². The zero-order chi connectivity index (χ0) is 20.1. The number of carbonyl (C=O) groups is 2. The molecule has 150 valence electrons. The van der Waals surface area contributed by atoms with E-state index in [0.717, 1.165) is 30.5 Å². The topological polar surface area (TPSA) is 88.9 Å². The average Bonchev–Trinajstić information content (AvgIpc) is 3.10. The maximum atomic E-state index is 12.2. The van der Waals surface area contributed by atoms with Crippen molar-refractivity contribution in [2.75, 3.05) is 5.75 Å². The molecule has 1 aliphatic rings. The molecule has 0 radical (unpaired) electrons. The molecular formula is C20H27N5O2S. The van der Waals surface area contributed by atoms with Crippen LogP contribution in [0.4, 0.5) is 4.79 Å². The third-order valence-electron chi connectivity index (χ3n) is 5.14. The summed E-state index contributed by atoms with van der Waals surface area (Å²) in [5, 5.41) is 14.0. The van der Waals surface area contributed by atoms with Crippen LogP contribution in [0.2, 0.25) is 0 Å². The molecule has 2 atom stereocenters. The number of thioether (sulfide) groups is 1. The second-order valence-electron chi connectivity index (χ2n) is 7.45. The number of aryl methyl sites for hydroxylation is 2. The fourth-order valence-electron chi connectivity index (χ4n) is 3.59. The van der Waals surface area contributed by atoms with Gasteiger partial charge < -0.3 is 5.32 Å². The third-order valence-corrected chi connectivity index (χ3v) is 6.08. The number of nitrogens with one attached hydrogen (secondary N) is 2. The Morgan fingerprint density at radius 1 is 1.25 bits per heavy atom. The highest BCUT2D eigenvalue weighted by Gasteiger charge is 2.23. The van der Waals surface area contributed by atoms with Crippen LogP contribution in [0.15, 0.2) is 29.7 Å². The molecule has 2 aromatic rings. The standard InChI is InChI=1S/C20H27N5O2S/c1-13-8-9-17(15(3)10-13)25-12-21-24-20(25)28-11-18(26)23-19(27)22-16-7-5-4-6-14(16)2/h8-10,12,14,16H,4-7,11H2,1-3H3,(H2,22,23,26,27). The molecule has 0 spiro atoms. The van der Waals surface area contributed by atoms with E-state index in [1.165, 1.54) is 23.7 Å². The van der Waals surface area contributed by atoms with Gasteiger partial charge in [-0.05, 0) is 44.2 Å². The predicted molar refractivity (Wildman–Crippen MR) is 110 cm³/mol. The van der Waals surface area contributed by atoms with Crippen LogP contribution in [0.5, 0.6) is 0 Å². The van der Waals surface area contributed by atoms with E-state index >= 15 is 0 Å². The van der Waals surface area contributed by atoms with Gasteiger partial charge >= 0.3 is 6.03 Å². The lowest BCUT2D eigenvalue weighted by Gasteiger charge is -2.29. The number of rotatable bonds is 5. The normalized spacial score (nSPS) is 19.2. The Morgan fingerprint density at radius 2 is 2.04 bits per heavy atom. The first kappa shape index (κ1) is 20.4. The van der Waals surface area contributed by atoms with Gasteiger partial charge in [0.25, 0.3) is 0 Å². The number of nitrogens with zero attached hydrogens (tertiary/aromatic N) is 3. The third kappa shape index (κ3) is 5.13. The summed E-state index contributed by atoms with van der Waals surface area (Å²) in [4.78, 5) is 24.3. The lowest BCUT2D eigenvalue weighted by atomic mass is 9.86. The molecule has 1 aliphatic carbocycles. The number of hydrogen-bond acceptors (Lipinski definition) is 5. The van der Waals surface area contributed by atoms with Gasteiger partial charge in [-0.15, -0.1) is 10.2 Å². The minimum Gasteiger partial charge on any atom is -0.335 e. The van der Waals surface area contributed by atoms with Gasteiger partial charge in [0.05, 0.1) is 11.4 Å². The maximum absolute atomic E-state index is 12.2. The fraction of sp³-hybridized carbons (Fsp3) is 0.500. The highest BCUT2D eigenvalue weighted by Crippen LogP contribution is 2.24. The van der Waals surface area contributed by atoms with Gasteiger partial charge in [-0.2, -0.15) is 0 Å². The van der Waals surface area contributed by atoms with Crippen LogP contribution in [-0.4, -0.2) is 38.5 Å². The van der Waals surface area contributed by atoms with Crippen molar-refractivity contribution < 1.29 is 9.59 Å². The van der Waals surface area contributed by atoms with Crippen LogP contribution in [-0.2, 0) is 4.79 Å². The molecular weight excluding hydrogens is 374 g/mol. The van der Waals surface area contributed by atoms with E-state index in [4.69, 9.17) is 0 Å². The van der Waals surface area contributed by atoms with E-state index in [1.807, 2.05) is 30.5 Å². The summed E-state index contributed by atoms with van der Waals surface area (Å²) >= 11 is 1.26. The molecule has 0 aliphatic heterocycles. The Kier molecular flexibility index (Phi) is 6.72. The first-order valence-corrected chi connectivity index (χ1v) is 10.6. The number of carbonyl (C=O) groups excluding carboxylic acids is 2. The van der Waals surface area contributed by atoms with Crippen molar-refractivity contribution in [3.8, 4) is 5.69 Å². The van der Waals surface area contributed by atoms with Crippen molar-refractivity contribution in [2.45, 2.75) is 57.7 Å². The quantitative estimate of drug-likeness (QED) is 0.750. The largest absolute Gasteiger partial charge is 0.335 e. The van der Waals surface area contributed by atoms with Crippen LogP contribution in [0, 0.1) is 19.8 Å². The van der Waals surface area contributed by atoms with Crippen molar-refractivity contribution in [2.24, 2.45) is 5.92 Å². The first-order valence-electron chi connectivity index (χ1n) is 9.65. The van der Waals surface area contributed by atoms with Crippen molar-refractivity contribution in [3.05, 3.63) is 35.7 Å². The van der Waals surface area contributed by atoms with Gasteiger partial charge in [-0.25, -0.2) is 4.79 Å². The lowest BCUT2D eigenvalue weighted by molar-refractivity contribution is -0.117. The Morgan fingerprint density at radius 3 is 2.79 bits per heavy atom. The monoisotopic (exact) mass is 401 g/mol. The molecule has 0 bridgehead atoms. The van der Waals surface area contributed by atoms with Gasteiger partial charge in [-0.3, -0.25) is 14.7 Å². The number of aromatic nitrogens is 3. The van der Waals surface area contributed by atoms with Gasteiger partial charge in [0.1, 0.15) is 6.33 Å². The summed E-state index contributed by atoms with van der Waals surface area (Å²) in [5.74, 6) is 0.193. The first-order chi connectivity index (χ1) is 13.4. The summed E-state index contributed by atoms with van der Waals surface area (Å²) in [6.07, 6.45) is 6.04. The van der Waals surface area contributed by atoms with Gasteiger partial charge in [0, 0.05) is 6.04 Å². The number of urea groups is 1. The molecule has 3 amide bonds. The minimum atomic E-state index is -0.416. The molecule has 7 nitrogen and oxygen atoms in total. The van der Waals surface area contributed by atoms with E-state index in [-0.39, 0.29) is 17.7 Å². The summed E-state index contributed by atoms with van der Waals surface area (Å²) in [7, 11) is 0. The minimum absolute atomic E-state index is 0.0945. The van der Waals surface area contributed by atoms with E-state index in [1.54, 1.807) is 6.33 Å². The average molecular weight is 402 g/mol. The number of hydrogen-bond donors (Lipinski definition) is 2. The molecule has 0 saturated heterocycles. The second-order valence-corrected chi connectivity index (χ2v) is 8.39. The molecule has 8 heteroatoms. The van der Waals surface area contributed by atoms with E-state index in [2.05, 4.69) is 33.8 Å². The Balaban J connectivity index is 1.54. The molecule has 1 heterocycles. The Hall–Kier alpha value is -2.35. The molecule has 1 fully saturated rings. The van der Waals surface area contributed by atoms with Gasteiger partial charge in [-0.1, -0.05) is 49.2 Å².